The van der Waals surface area contributed by atoms with Gasteiger partial charge in [0, 0.05) is 0 Å². The number of rotatable bonds is 5. The molecule has 0 radical (unpaired) electrons. The van der Waals surface area contributed by atoms with E-state index in [9.17, 15) is 12.9 Å². The summed E-state index contributed by atoms with van der Waals surface area (Å²) < 4.78 is 45.5. The molecule has 2 aromatic rings. The second-order valence-electron chi connectivity index (χ2n) is 5.10. The Morgan fingerprint density at radius 1 is 1.10 bits per heavy atom. The van der Waals surface area contributed by atoms with Crippen molar-refractivity contribution in [1.82, 2.24) is 0 Å². The van der Waals surface area contributed by atoms with Gasteiger partial charge in [-0.05, 0) is 22.8 Å². The van der Waals surface area contributed by atoms with Crippen LogP contribution in [0, 0.1) is 5.92 Å². The van der Waals surface area contributed by atoms with Gasteiger partial charge in [-0.1, -0.05) is 56.1 Å². The van der Waals surface area contributed by atoms with Crippen molar-refractivity contribution >= 4 is 23.2 Å². The van der Waals surface area contributed by atoms with Gasteiger partial charge >= 0.3 is 58.4 Å². The predicted molar refractivity (Wildman–Crippen MR) is 77.6 cm³/mol. The molecule has 1 nitrogen and oxygen atoms in total. The first kappa shape index (κ1) is 19.0. The zero-order valence-electron chi connectivity index (χ0n) is 12.6. The fraction of sp³-hybridized carbons (Fsp3) is 0.333. The molecule has 0 N–H and O–H groups in total. The Morgan fingerprint density at radius 3 is 2.38 bits per heavy atom. The van der Waals surface area contributed by atoms with E-state index in [1.54, 1.807) is 24.3 Å². The Bertz CT molecular complexity index is 601. The minimum absolute atomic E-state index is 0. The van der Waals surface area contributed by atoms with Crippen LogP contribution in [0.1, 0.15) is 20.3 Å². The minimum atomic E-state index is -5.11. The predicted octanol–water partition coefficient (Wildman–Crippen LogP) is 1.32. The number of fused-ring (bicyclic) bond motifs is 1. The molecule has 0 aliphatic carbocycles. The van der Waals surface area contributed by atoms with Crippen LogP contribution in [0.15, 0.2) is 36.4 Å². The summed E-state index contributed by atoms with van der Waals surface area (Å²) >= 11 is 0. The van der Waals surface area contributed by atoms with Crippen LogP contribution in [0.5, 0.6) is 5.75 Å². The molecule has 6 heteroatoms. The van der Waals surface area contributed by atoms with Crippen LogP contribution in [0.4, 0.5) is 12.9 Å². The van der Waals surface area contributed by atoms with E-state index in [1.807, 2.05) is 13.8 Å². The third-order valence-electron chi connectivity index (χ3n) is 3.48. The van der Waals surface area contributed by atoms with Crippen molar-refractivity contribution < 1.29 is 69.1 Å². The summed E-state index contributed by atoms with van der Waals surface area (Å²) in [5.41, 5.74) is -0.619. The Hall–Kier alpha value is -0.00870. The van der Waals surface area contributed by atoms with Crippen LogP contribution in [0.25, 0.3) is 10.8 Å². The first-order chi connectivity index (χ1) is 9.43. The molecule has 2 aromatic carbocycles. The van der Waals surface area contributed by atoms with Gasteiger partial charge in [0.2, 0.25) is 0 Å². The van der Waals surface area contributed by atoms with E-state index in [0.717, 1.165) is 6.42 Å². The van der Waals surface area contributed by atoms with E-state index >= 15 is 0 Å². The number of halogens is 3. The number of hydrogen-bond acceptors (Lipinski definition) is 1. The second-order valence-corrected chi connectivity index (χ2v) is 5.10. The topological polar surface area (TPSA) is 9.23 Å². The summed E-state index contributed by atoms with van der Waals surface area (Å²) in [5, 5.41) is 0.791. The molecule has 1 atom stereocenters. The van der Waals surface area contributed by atoms with Crippen molar-refractivity contribution in [3.8, 4) is 5.75 Å². The van der Waals surface area contributed by atoms with E-state index in [4.69, 9.17) is 4.74 Å². The van der Waals surface area contributed by atoms with Gasteiger partial charge < -0.3 is 17.7 Å². The molecule has 0 fully saturated rings. The quantitative estimate of drug-likeness (QED) is 0.755. The normalized spacial score (nSPS) is 12.8. The van der Waals surface area contributed by atoms with Crippen LogP contribution in [-0.4, -0.2) is 13.6 Å². The van der Waals surface area contributed by atoms with E-state index in [-0.39, 0.29) is 68.4 Å². The summed E-state index contributed by atoms with van der Waals surface area (Å²) in [6.45, 7) is -0.865. The maximum Gasteiger partial charge on any atom is 1.00 e. The van der Waals surface area contributed by atoms with Crippen molar-refractivity contribution in [3.05, 3.63) is 36.4 Å². The average Bonchev–Trinajstić information content (AvgIpc) is 2.42. The standard InChI is InChI=1S/C15H17BF3O.K/c1-3-11(2)10-20-14-9-8-12-6-4-5-7-13(12)15(14)16(17,18)19;/h4-9,11H,3,10H2,1-2H3;/q-1;+1. The summed E-state index contributed by atoms with van der Waals surface area (Å²) in [6.07, 6.45) is 0.875. The molecule has 0 saturated carbocycles. The van der Waals surface area contributed by atoms with Crippen LogP contribution < -0.4 is 61.6 Å². The number of hydrogen-bond donors (Lipinski definition) is 0. The maximum atomic E-state index is 13.4. The molecule has 0 bridgehead atoms. The molecule has 0 saturated heterocycles. The molecule has 0 aromatic heterocycles. The van der Waals surface area contributed by atoms with Crippen LogP contribution in [0.2, 0.25) is 0 Å². The second kappa shape index (κ2) is 8.02. The van der Waals surface area contributed by atoms with E-state index in [2.05, 4.69) is 0 Å². The molecule has 0 heterocycles. The number of benzene rings is 2. The summed E-state index contributed by atoms with van der Waals surface area (Å²) in [7, 11) is 0. The smallest absolute Gasteiger partial charge is 0.496 e. The third kappa shape index (κ3) is 4.73. The van der Waals surface area contributed by atoms with Gasteiger partial charge in [0.05, 0.1) is 12.4 Å². The fourth-order valence-electron chi connectivity index (χ4n) is 2.09. The molecular weight excluding hydrogens is 303 g/mol. The Morgan fingerprint density at radius 2 is 1.76 bits per heavy atom. The van der Waals surface area contributed by atoms with Crippen molar-refractivity contribution in [1.29, 1.82) is 0 Å². The van der Waals surface area contributed by atoms with Gasteiger partial charge in [-0.2, -0.15) is 0 Å². The first-order valence-corrected chi connectivity index (χ1v) is 6.78. The first-order valence-electron chi connectivity index (χ1n) is 6.78. The molecule has 0 spiro atoms. The summed E-state index contributed by atoms with van der Waals surface area (Å²) in [5.74, 6) is 0.173. The molecule has 0 aliphatic rings. The molecule has 0 aliphatic heterocycles. The molecule has 108 valence electrons. The van der Waals surface area contributed by atoms with Gasteiger partial charge in [0.25, 0.3) is 0 Å². The maximum absolute atomic E-state index is 13.4. The minimum Gasteiger partial charge on any atom is -0.496 e. The molecule has 21 heavy (non-hydrogen) atoms. The third-order valence-corrected chi connectivity index (χ3v) is 3.48. The van der Waals surface area contributed by atoms with E-state index in [0.29, 0.717) is 12.0 Å². The molecule has 1 unspecified atom stereocenters. The van der Waals surface area contributed by atoms with Gasteiger partial charge in [-0.3, -0.25) is 0 Å². The van der Waals surface area contributed by atoms with Gasteiger partial charge in [0.1, 0.15) is 0 Å². The largest absolute Gasteiger partial charge is 1.00 e. The van der Waals surface area contributed by atoms with Crippen molar-refractivity contribution in [2.24, 2.45) is 5.92 Å². The molecule has 0 amide bonds. The Balaban J connectivity index is 0.00000220. The van der Waals surface area contributed by atoms with Crippen LogP contribution >= 0.6 is 0 Å². The Kier molecular flexibility index (Phi) is 7.27. The zero-order chi connectivity index (χ0) is 14.8. The van der Waals surface area contributed by atoms with Crippen molar-refractivity contribution in [3.63, 3.8) is 0 Å². The fourth-order valence-corrected chi connectivity index (χ4v) is 2.09. The van der Waals surface area contributed by atoms with Crippen LogP contribution in [-0.2, 0) is 0 Å². The zero-order valence-corrected chi connectivity index (χ0v) is 15.7. The molecular formula is C15H17BF3KO. The van der Waals surface area contributed by atoms with E-state index in [1.165, 1.54) is 12.1 Å². The average molecular weight is 320 g/mol. The Labute approximate surface area is 165 Å². The monoisotopic (exact) mass is 320 g/mol. The summed E-state index contributed by atoms with van der Waals surface area (Å²) in [4.78, 5) is 0. The van der Waals surface area contributed by atoms with Crippen molar-refractivity contribution in [2.45, 2.75) is 20.3 Å². The van der Waals surface area contributed by atoms with Gasteiger partial charge in [-0.15, -0.1) is 0 Å². The number of ether oxygens (including phenoxy) is 1. The van der Waals surface area contributed by atoms with Crippen molar-refractivity contribution in [2.75, 3.05) is 6.61 Å². The SMILES string of the molecule is CCC(C)COc1ccc2ccccc2c1[B-](F)(F)F.[K+]. The van der Waals surface area contributed by atoms with E-state index < -0.39 is 12.4 Å². The van der Waals surface area contributed by atoms with Crippen LogP contribution in [0.3, 0.4) is 0 Å². The summed E-state index contributed by atoms with van der Waals surface area (Å²) in [6, 6.07) is 9.62. The van der Waals surface area contributed by atoms with Gasteiger partial charge in [-0.25, -0.2) is 0 Å². The van der Waals surface area contributed by atoms with Gasteiger partial charge in [0.15, 0.2) is 0 Å². The molecule has 2 rings (SSSR count).